The molecule has 5 nitrogen and oxygen atoms in total. The fourth-order valence-corrected chi connectivity index (χ4v) is 2.00. The summed E-state index contributed by atoms with van der Waals surface area (Å²) in [6, 6.07) is 6.86. The molecule has 0 atom stereocenters. The molecule has 1 amide bonds. The maximum atomic E-state index is 13.4. The van der Waals surface area contributed by atoms with E-state index in [0.29, 0.717) is 0 Å². The molecule has 0 aliphatic carbocycles. The third-order valence-electron chi connectivity index (χ3n) is 2.23. The first-order chi connectivity index (χ1) is 9.95. The van der Waals surface area contributed by atoms with Gasteiger partial charge in [-0.1, -0.05) is 35.3 Å². The molecule has 0 aliphatic rings. The number of rotatable bonds is 2. The van der Waals surface area contributed by atoms with Crippen molar-refractivity contribution >= 4 is 52.4 Å². The number of carbonyl (C=O) groups is 1. The van der Waals surface area contributed by atoms with Crippen LogP contribution in [0.1, 0.15) is 10.4 Å². The molecule has 1 aromatic carbocycles. The Kier molecular flexibility index (Phi) is 5.00. The van der Waals surface area contributed by atoms with Crippen LogP contribution in [0.3, 0.4) is 0 Å². The highest BCUT2D eigenvalue weighted by Crippen LogP contribution is 2.14. The molecule has 2 N–H and O–H groups in total. The van der Waals surface area contributed by atoms with E-state index in [2.05, 4.69) is 20.6 Å². The second kappa shape index (κ2) is 6.75. The lowest BCUT2D eigenvalue weighted by Gasteiger charge is -2.09. The number of benzene rings is 1. The first kappa shape index (κ1) is 15.6. The summed E-state index contributed by atoms with van der Waals surface area (Å²) >= 11 is 16.3. The maximum Gasteiger partial charge on any atom is 0.260 e. The van der Waals surface area contributed by atoms with Gasteiger partial charge in [-0.25, -0.2) is 14.4 Å². The van der Waals surface area contributed by atoms with Crippen molar-refractivity contribution < 1.29 is 9.18 Å². The molecule has 2 aromatic rings. The van der Waals surface area contributed by atoms with Crippen molar-refractivity contribution in [3.63, 3.8) is 0 Å². The van der Waals surface area contributed by atoms with E-state index >= 15 is 0 Å². The quantitative estimate of drug-likeness (QED) is 0.647. The van der Waals surface area contributed by atoms with E-state index in [9.17, 15) is 9.18 Å². The first-order valence-corrected chi connectivity index (χ1v) is 6.69. The predicted molar refractivity (Wildman–Crippen MR) is 82.1 cm³/mol. The van der Waals surface area contributed by atoms with Gasteiger partial charge in [0.25, 0.3) is 5.91 Å². The summed E-state index contributed by atoms with van der Waals surface area (Å²) in [5, 5.41) is 4.94. The van der Waals surface area contributed by atoms with Gasteiger partial charge in [0, 0.05) is 6.07 Å². The lowest BCUT2D eigenvalue weighted by atomic mass is 10.2. The number of thiocarbonyl (C=S) groups is 1. The van der Waals surface area contributed by atoms with Gasteiger partial charge in [0.1, 0.15) is 16.1 Å². The molecule has 0 fully saturated rings. The van der Waals surface area contributed by atoms with Crippen molar-refractivity contribution in [2.45, 2.75) is 0 Å². The van der Waals surface area contributed by atoms with E-state index in [1.165, 1.54) is 30.3 Å². The normalized spacial score (nSPS) is 10.0. The fourth-order valence-electron chi connectivity index (χ4n) is 1.39. The molecule has 0 unspecified atom stereocenters. The number of anilines is 1. The van der Waals surface area contributed by atoms with Crippen LogP contribution in [-0.2, 0) is 0 Å². The predicted octanol–water partition coefficient (Wildman–Crippen LogP) is 3.05. The van der Waals surface area contributed by atoms with E-state index < -0.39 is 11.7 Å². The molecule has 0 spiro atoms. The highest BCUT2D eigenvalue weighted by atomic mass is 35.5. The van der Waals surface area contributed by atoms with Gasteiger partial charge < -0.3 is 5.32 Å². The van der Waals surface area contributed by atoms with Crippen LogP contribution in [0.25, 0.3) is 0 Å². The van der Waals surface area contributed by atoms with Crippen LogP contribution in [-0.4, -0.2) is 21.0 Å². The minimum absolute atomic E-state index is 0.0198. The van der Waals surface area contributed by atoms with Gasteiger partial charge in [0.15, 0.2) is 5.11 Å². The van der Waals surface area contributed by atoms with Gasteiger partial charge in [-0.3, -0.25) is 10.1 Å². The van der Waals surface area contributed by atoms with E-state index in [1.54, 1.807) is 0 Å². The van der Waals surface area contributed by atoms with Crippen molar-refractivity contribution in [1.82, 2.24) is 15.3 Å². The van der Waals surface area contributed by atoms with E-state index in [-0.39, 0.29) is 26.9 Å². The number of amides is 1. The Bertz CT molecular complexity index is 693. The fraction of sp³-hybridized carbons (Fsp3) is 0. The number of hydrogen-bond acceptors (Lipinski definition) is 4. The molecule has 0 radical (unpaired) electrons. The molecule has 0 saturated heterocycles. The minimum Gasteiger partial charge on any atom is -0.301 e. The van der Waals surface area contributed by atoms with Crippen molar-refractivity contribution in [3.05, 3.63) is 52.0 Å². The maximum absolute atomic E-state index is 13.4. The van der Waals surface area contributed by atoms with Crippen molar-refractivity contribution in [3.8, 4) is 0 Å². The number of carbonyl (C=O) groups excluding carboxylic acids is 1. The zero-order valence-electron chi connectivity index (χ0n) is 10.2. The molecule has 2 rings (SSSR count). The second-order valence-corrected chi connectivity index (χ2v) is 4.91. The summed E-state index contributed by atoms with van der Waals surface area (Å²) in [4.78, 5) is 19.5. The number of halogens is 3. The summed E-state index contributed by atoms with van der Waals surface area (Å²) in [6.07, 6.45) is 0. The van der Waals surface area contributed by atoms with Crippen molar-refractivity contribution in [2.24, 2.45) is 0 Å². The smallest absolute Gasteiger partial charge is 0.260 e. The molecule has 108 valence electrons. The van der Waals surface area contributed by atoms with Gasteiger partial charge in [-0.05, 0) is 24.4 Å². The first-order valence-electron chi connectivity index (χ1n) is 5.52. The Hall–Kier alpha value is -1.83. The molecule has 1 aromatic heterocycles. The van der Waals surface area contributed by atoms with Gasteiger partial charge in [0.05, 0.1) is 5.56 Å². The van der Waals surface area contributed by atoms with Gasteiger partial charge >= 0.3 is 0 Å². The number of hydrogen-bond donors (Lipinski definition) is 2. The lowest BCUT2D eigenvalue weighted by molar-refractivity contribution is 0.0974. The Morgan fingerprint density at radius 2 is 1.81 bits per heavy atom. The van der Waals surface area contributed by atoms with Crippen LogP contribution in [0.4, 0.5) is 10.3 Å². The van der Waals surface area contributed by atoms with Crippen LogP contribution >= 0.6 is 35.4 Å². The van der Waals surface area contributed by atoms with Crippen LogP contribution < -0.4 is 10.6 Å². The third-order valence-corrected chi connectivity index (χ3v) is 2.83. The van der Waals surface area contributed by atoms with E-state index in [1.807, 2.05) is 0 Å². The monoisotopic (exact) mass is 344 g/mol. The Morgan fingerprint density at radius 1 is 1.19 bits per heavy atom. The molecule has 0 bridgehead atoms. The SMILES string of the molecule is O=C(NC(=S)Nc1nc(Cl)cc(Cl)n1)c1ccccc1F. The topological polar surface area (TPSA) is 66.9 Å². The summed E-state index contributed by atoms with van der Waals surface area (Å²) in [7, 11) is 0. The van der Waals surface area contributed by atoms with Gasteiger partial charge in [0.2, 0.25) is 5.95 Å². The standard InChI is InChI=1S/C12H7Cl2FN4OS/c13-8-5-9(14)17-11(16-8)19-12(21)18-10(20)6-3-1-2-4-7(6)15/h1-5H,(H2,16,17,18,19,20,21). The van der Waals surface area contributed by atoms with Gasteiger partial charge in [-0.15, -0.1) is 0 Å². The summed E-state index contributed by atoms with van der Waals surface area (Å²) in [5.74, 6) is -1.33. The van der Waals surface area contributed by atoms with E-state index in [0.717, 1.165) is 0 Å². The molecule has 1 heterocycles. The highest BCUT2D eigenvalue weighted by molar-refractivity contribution is 7.80. The van der Waals surface area contributed by atoms with E-state index in [4.69, 9.17) is 35.4 Å². The molecular formula is C12H7Cl2FN4OS. The number of nitrogens with one attached hydrogen (secondary N) is 2. The zero-order valence-corrected chi connectivity index (χ0v) is 12.6. The zero-order chi connectivity index (χ0) is 15.4. The minimum atomic E-state index is -0.696. The summed E-state index contributed by atoms with van der Waals surface area (Å²) < 4.78 is 13.4. The van der Waals surface area contributed by atoms with Crippen LogP contribution in [0.15, 0.2) is 30.3 Å². The van der Waals surface area contributed by atoms with Crippen LogP contribution in [0.5, 0.6) is 0 Å². The van der Waals surface area contributed by atoms with Crippen LogP contribution in [0, 0.1) is 5.82 Å². The summed E-state index contributed by atoms with van der Waals surface area (Å²) in [5.41, 5.74) is -0.133. The largest absolute Gasteiger partial charge is 0.301 e. The number of aromatic nitrogens is 2. The molecule has 21 heavy (non-hydrogen) atoms. The average Bonchev–Trinajstić information content (AvgIpc) is 2.37. The van der Waals surface area contributed by atoms with Crippen molar-refractivity contribution in [2.75, 3.05) is 5.32 Å². The van der Waals surface area contributed by atoms with Gasteiger partial charge in [-0.2, -0.15) is 0 Å². The highest BCUT2D eigenvalue weighted by Gasteiger charge is 2.13. The Morgan fingerprint density at radius 3 is 2.43 bits per heavy atom. The molecule has 0 saturated carbocycles. The second-order valence-electron chi connectivity index (χ2n) is 3.73. The number of nitrogens with zero attached hydrogens (tertiary/aromatic N) is 2. The molecule has 0 aliphatic heterocycles. The Balaban J connectivity index is 2.05. The molecular weight excluding hydrogens is 338 g/mol. The molecule has 9 heteroatoms. The van der Waals surface area contributed by atoms with Crippen molar-refractivity contribution in [1.29, 1.82) is 0 Å². The summed E-state index contributed by atoms with van der Waals surface area (Å²) in [6.45, 7) is 0. The average molecular weight is 345 g/mol. The third kappa shape index (κ3) is 4.32. The Labute approximate surface area is 134 Å². The van der Waals surface area contributed by atoms with Crippen LogP contribution in [0.2, 0.25) is 10.3 Å². The lowest BCUT2D eigenvalue weighted by Crippen LogP contribution is -2.35.